The summed E-state index contributed by atoms with van der Waals surface area (Å²) < 4.78 is 0. The summed E-state index contributed by atoms with van der Waals surface area (Å²) in [6.07, 6.45) is 4.68. The Hall–Kier alpha value is -0.900. The zero-order valence-electron chi connectivity index (χ0n) is 13.0. The van der Waals surface area contributed by atoms with Crippen molar-refractivity contribution in [3.63, 3.8) is 0 Å². The van der Waals surface area contributed by atoms with Gasteiger partial charge in [-0.25, -0.2) is 0 Å². The molecule has 3 rings (SSSR count). The first-order valence-corrected chi connectivity index (χ1v) is 8.48. The normalized spacial score (nSPS) is 28.6. The van der Waals surface area contributed by atoms with Gasteiger partial charge in [0.25, 0.3) is 0 Å². The molecule has 1 aromatic rings. The van der Waals surface area contributed by atoms with Crippen molar-refractivity contribution in [3.8, 4) is 0 Å². The highest BCUT2D eigenvalue weighted by Gasteiger charge is 2.26. The average molecular weight is 288 g/mol. The van der Waals surface area contributed by atoms with Gasteiger partial charge in [0.1, 0.15) is 0 Å². The molecule has 1 N–H and O–H groups in total. The molecule has 3 nitrogen and oxygen atoms in total. The molecule has 2 fully saturated rings. The van der Waals surface area contributed by atoms with Gasteiger partial charge in [-0.3, -0.25) is 4.90 Å². The van der Waals surface area contributed by atoms with Crippen molar-refractivity contribution in [2.24, 2.45) is 5.92 Å². The number of rotatable bonds is 4. The fourth-order valence-corrected chi connectivity index (χ4v) is 3.70. The lowest BCUT2D eigenvalue weighted by molar-refractivity contribution is 0.0319. The molecule has 116 valence electrons. The van der Waals surface area contributed by atoms with Gasteiger partial charge in [-0.15, -0.1) is 0 Å². The molecule has 2 atom stereocenters. The minimum absolute atomic E-state index is 0.0545. The highest BCUT2D eigenvalue weighted by molar-refractivity contribution is 5.14. The van der Waals surface area contributed by atoms with Crippen molar-refractivity contribution < 1.29 is 5.11 Å². The van der Waals surface area contributed by atoms with Gasteiger partial charge >= 0.3 is 0 Å². The van der Waals surface area contributed by atoms with Crippen molar-refractivity contribution >= 4 is 0 Å². The molecule has 0 bridgehead atoms. The van der Waals surface area contributed by atoms with E-state index in [2.05, 4.69) is 40.1 Å². The summed E-state index contributed by atoms with van der Waals surface area (Å²) in [6, 6.07) is 10.7. The first kappa shape index (κ1) is 15.0. The maximum Gasteiger partial charge on any atom is 0.0580 e. The Bertz CT molecular complexity index is 414. The van der Waals surface area contributed by atoms with Crippen LogP contribution in [-0.4, -0.2) is 53.7 Å². The van der Waals surface area contributed by atoms with Crippen LogP contribution < -0.4 is 0 Å². The highest BCUT2D eigenvalue weighted by Crippen LogP contribution is 2.25. The van der Waals surface area contributed by atoms with E-state index in [0.717, 1.165) is 45.7 Å². The molecule has 0 radical (unpaired) electrons. The van der Waals surface area contributed by atoms with Gasteiger partial charge in [0, 0.05) is 39.3 Å². The molecule has 0 amide bonds. The Labute approximate surface area is 128 Å². The molecule has 21 heavy (non-hydrogen) atoms. The topological polar surface area (TPSA) is 26.7 Å². The lowest BCUT2D eigenvalue weighted by atomic mass is 9.86. The summed E-state index contributed by atoms with van der Waals surface area (Å²) in [4.78, 5) is 5.10. The number of piperazine rings is 1. The van der Waals surface area contributed by atoms with Crippen LogP contribution in [0.4, 0.5) is 0 Å². The van der Waals surface area contributed by atoms with Crippen molar-refractivity contribution in [2.75, 3.05) is 32.7 Å². The van der Waals surface area contributed by atoms with Crippen LogP contribution in [0.2, 0.25) is 0 Å². The Morgan fingerprint density at radius 1 is 0.905 bits per heavy atom. The summed E-state index contributed by atoms with van der Waals surface area (Å²) in [6.45, 7) is 6.77. The van der Waals surface area contributed by atoms with Crippen LogP contribution >= 0.6 is 0 Å². The smallest absolute Gasteiger partial charge is 0.0580 e. The monoisotopic (exact) mass is 288 g/mol. The quantitative estimate of drug-likeness (QED) is 0.921. The second-order valence-corrected chi connectivity index (χ2v) is 6.67. The van der Waals surface area contributed by atoms with Crippen molar-refractivity contribution in [1.29, 1.82) is 0 Å². The van der Waals surface area contributed by atoms with Gasteiger partial charge in [0.15, 0.2) is 0 Å². The van der Waals surface area contributed by atoms with Crippen LogP contribution in [0.15, 0.2) is 30.3 Å². The second-order valence-electron chi connectivity index (χ2n) is 6.67. The molecule has 0 spiro atoms. The van der Waals surface area contributed by atoms with Crippen LogP contribution in [0.3, 0.4) is 0 Å². The van der Waals surface area contributed by atoms with Gasteiger partial charge in [-0.05, 0) is 24.3 Å². The lowest BCUT2D eigenvalue weighted by Gasteiger charge is -2.38. The van der Waals surface area contributed by atoms with Crippen LogP contribution in [0.25, 0.3) is 0 Å². The fraction of sp³-hybridized carbons (Fsp3) is 0.667. The second kappa shape index (κ2) is 7.39. The number of benzene rings is 1. The average Bonchev–Trinajstić information content (AvgIpc) is 2.52. The number of aliphatic hydroxyl groups excluding tert-OH is 1. The Morgan fingerprint density at radius 2 is 1.57 bits per heavy atom. The van der Waals surface area contributed by atoms with Crippen molar-refractivity contribution in [1.82, 2.24) is 9.80 Å². The third kappa shape index (κ3) is 4.29. The van der Waals surface area contributed by atoms with Crippen molar-refractivity contribution in [3.05, 3.63) is 35.9 Å². The molecule has 0 aromatic heterocycles. The Morgan fingerprint density at radius 3 is 2.29 bits per heavy atom. The summed E-state index contributed by atoms with van der Waals surface area (Å²) in [5.74, 6) is 0.513. The minimum Gasteiger partial charge on any atom is -0.393 e. The first-order valence-electron chi connectivity index (χ1n) is 8.48. The number of hydrogen-bond donors (Lipinski definition) is 1. The molecule has 3 heteroatoms. The van der Waals surface area contributed by atoms with Gasteiger partial charge < -0.3 is 10.0 Å². The maximum absolute atomic E-state index is 10.1. The molecular formula is C18H28N2O. The van der Waals surface area contributed by atoms with E-state index in [9.17, 15) is 5.11 Å². The lowest BCUT2D eigenvalue weighted by Crippen LogP contribution is -2.48. The van der Waals surface area contributed by atoms with Crippen LogP contribution in [-0.2, 0) is 6.54 Å². The number of nitrogens with zero attached hydrogens (tertiary/aromatic N) is 2. The highest BCUT2D eigenvalue weighted by atomic mass is 16.3. The maximum atomic E-state index is 10.1. The molecule has 1 aliphatic carbocycles. The summed E-state index contributed by atoms with van der Waals surface area (Å²) in [5.41, 5.74) is 1.41. The predicted octanol–water partition coefficient (Wildman–Crippen LogP) is 2.36. The first-order chi connectivity index (χ1) is 10.3. The molecule has 1 heterocycles. The van der Waals surface area contributed by atoms with E-state index in [1.54, 1.807) is 0 Å². The van der Waals surface area contributed by atoms with E-state index in [4.69, 9.17) is 0 Å². The molecule has 1 saturated carbocycles. The Balaban J connectivity index is 1.42. The predicted molar refractivity (Wildman–Crippen MR) is 86.1 cm³/mol. The van der Waals surface area contributed by atoms with Crippen LogP contribution in [0, 0.1) is 5.92 Å². The van der Waals surface area contributed by atoms with Gasteiger partial charge in [0.2, 0.25) is 0 Å². The molecular weight excluding hydrogens is 260 g/mol. The molecule has 2 aliphatic rings. The van der Waals surface area contributed by atoms with Crippen LogP contribution in [0.5, 0.6) is 0 Å². The number of hydrogen-bond acceptors (Lipinski definition) is 3. The van der Waals surface area contributed by atoms with Gasteiger partial charge in [-0.1, -0.05) is 43.2 Å². The summed E-state index contributed by atoms with van der Waals surface area (Å²) >= 11 is 0. The van der Waals surface area contributed by atoms with Gasteiger partial charge in [0.05, 0.1) is 6.10 Å². The molecule has 1 aliphatic heterocycles. The number of aliphatic hydroxyl groups is 1. The third-order valence-electron chi connectivity index (χ3n) is 5.08. The van der Waals surface area contributed by atoms with E-state index in [0.29, 0.717) is 5.92 Å². The molecule has 1 saturated heterocycles. The Kier molecular flexibility index (Phi) is 5.28. The van der Waals surface area contributed by atoms with Crippen LogP contribution in [0.1, 0.15) is 31.2 Å². The zero-order chi connectivity index (χ0) is 14.5. The third-order valence-corrected chi connectivity index (χ3v) is 5.08. The fourth-order valence-electron chi connectivity index (χ4n) is 3.70. The summed E-state index contributed by atoms with van der Waals surface area (Å²) in [5, 5.41) is 10.1. The summed E-state index contributed by atoms with van der Waals surface area (Å²) in [7, 11) is 0. The molecule has 1 aromatic carbocycles. The van der Waals surface area contributed by atoms with E-state index in [1.807, 2.05) is 0 Å². The van der Waals surface area contributed by atoms with E-state index in [1.165, 1.54) is 24.8 Å². The minimum atomic E-state index is -0.0545. The SMILES string of the molecule is OC1CCCCC1CN1CCN(Cc2ccccc2)CC1. The largest absolute Gasteiger partial charge is 0.393 e. The van der Waals surface area contributed by atoms with Gasteiger partial charge in [-0.2, -0.15) is 0 Å². The zero-order valence-corrected chi connectivity index (χ0v) is 13.0. The van der Waals surface area contributed by atoms with E-state index in [-0.39, 0.29) is 6.10 Å². The van der Waals surface area contributed by atoms with Crippen molar-refractivity contribution in [2.45, 2.75) is 38.3 Å². The van der Waals surface area contributed by atoms with E-state index >= 15 is 0 Å². The standard InChI is InChI=1S/C18H28N2O/c21-18-9-5-4-8-17(18)15-20-12-10-19(11-13-20)14-16-6-2-1-3-7-16/h1-3,6-7,17-18,21H,4-5,8-15H2. The van der Waals surface area contributed by atoms with E-state index < -0.39 is 0 Å². The molecule has 2 unspecified atom stereocenters.